The zero-order valence-corrected chi connectivity index (χ0v) is 17.8. The van der Waals surface area contributed by atoms with Crippen LogP contribution in [0, 0.1) is 11.6 Å². The number of nitrogen functional groups attached to an aromatic ring is 1. The second kappa shape index (κ2) is 8.27. The zero-order chi connectivity index (χ0) is 24.0. The molecule has 166 valence electrons. The SMILES string of the molecule is Nc1nc2ccc(C(=O)c3c(Cl)cccc3Cl)cn2c1C(=O)c1c(F)cc(C(=O)O)cc1F. The summed E-state index contributed by atoms with van der Waals surface area (Å²) in [6.45, 7) is 0. The van der Waals surface area contributed by atoms with Crippen molar-refractivity contribution in [2.24, 2.45) is 0 Å². The van der Waals surface area contributed by atoms with Gasteiger partial charge in [-0.3, -0.25) is 14.0 Å². The van der Waals surface area contributed by atoms with Crippen LogP contribution in [0.25, 0.3) is 5.65 Å². The lowest BCUT2D eigenvalue weighted by Crippen LogP contribution is -2.14. The number of ketones is 2. The Hall–Kier alpha value is -3.82. The normalized spacial score (nSPS) is 11.0. The van der Waals surface area contributed by atoms with Crippen molar-refractivity contribution in [1.82, 2.24) is 9.38 Å². The van der Waals surface area contributed by atoms with Crippen molar-refractivity contribution in [3.63, 3.8) is 0 Å². The van der Waals surface area contributed by atoms with Crippen LogP contribution in [0.15, 0.2) is 48.7 Å². The summed E-state index contributed by atoms with van der Waals surface area (Å²) in [5, 5.41) is 9.16. The number of hydrogen-bond acceptors (Lipinski definition) is 5. The van der Waals surface area contributed by atoms with Gasteiger partial charge in [0, 0.05) is 11.8 Å². The molecule has 4 aromatic rings. The van der Waals surface area contributed by atoms with Crippen LogP contribution in [-0.2, 0) is 0 Å². The maximum absolute atomic E-state index is 14.5. The van der Waals surface area contributed by atoms with Gasteiger partial charge < -0.3 is 10.8 Å². The van der Waals surface area contributed by atoms with Crippen molar-refractivity contribution < 1.29 is 28.3 Å². The van der Waals surface area contributed by atoms with Gasteiger partial charge in [0.25, 0.3) is 0 Å². The van der Waals surface area contributed by atoms with E-state index in [0.717, 1.165) is 4.40 Å². The van der Waals surface area contributed by atoms with E-state index in [4.69, 9.17) is 34.0 Å². The Kier molecular flexibility index (Phi) is 5.61. The number of carboxylic acids is 1. The molecule has 11 heteroatoms. The summed E-state index contributed by atoms with van der Waals surface area (Å²) in [5.41, 5.74) is 3.94. The van der Waals surface area contributed by atoms with Crippen molar-refractivity contribution in [3.8, 4) is 0 Å². The number of halogens is 4. The lowest BCUT2D eigenvalue weighted by atomic mass is 10.0. The highest BCUT2D eigenvalue weighted by molar-refractivity contribution is 6.41. The fourth-order valence-corrected chi connectivity index (χ4v) is 3.88. The van der Waals surface area contributed by atoms with E-state index in [-0.39, 0.29) is 32.6 Å². The minimum atomic E-state index is -1.57. The molecule has 33 heavy (non-hydrogen) atoms. The van der Waals surface area contributed by atoms with E-state index in [2.05, 4.69) is 4.98 Å². The van der Waals surface area contributed by atoms with E-state index in [1.807, 2.05) is 0 Å². The quantitative estimate of drug-likeness (QED) is 0.394. The number of anilines is 1. The standard InChI is InChI=1S/C22H11Cl2F2N3O4/c23-11-2-1-3-12(24)16(11)19(30)9-4-5-15-28-21(27)18(29(15)8-9)20(31)17-13(25)6-10(22(32)33)7-14(17)26/h1-8H,27H2,(H,32,33). The molecule has 2 heterocycles. The molecule has 0 bridgehead atoms. The van der Waals surface area contributed by atoms with E-state index in [9.17, 15) is 23.2 Å². The van der Waals surface area contributed by atoms with Crippen LogP contribution in [0.3, 0.4) is 0 Å². The van der Waals surface area contributed by atoms with Gasteiger partial charge in [-0.2, -0.15) is 0 Å². The molecule has 7 nitrogen and oxygen atoms in total. The number of imidazole rings is 1. The van der Waals surface area contributed by atoms with E-state index >= 15 is 0 Å². The van der Waals surface area contributed by atoms with E-state index in [1.54, 1.807) is 6.07 Å². The van der Waals surface area contributed by atoms with Gasteiger partial charge >= 0.3 is 5.97 Å². The number of aromatic nitrogens is 2. The molecule has 0 fully saturated rings. The Bertz CT molecular complexity index is 1460. The Balaban J connectivity index is 1.87. The predicted octanol–water partition coefficient (Wildman–Crippen LogP) is 4.66. The van der Waals surface area contributed by atoms with Crippen LogP contribution >= 0.6 is 23.2 Å². The van der Waals surface area contributed by atoms with Gasteiger partial charge in [-0.05, 0) is 36.4 Å². The van der Waals surface area contributed by atoms with Crippen LogP contribution < -0.4 is 5.73 Å². The van der Waals surface area contributed by atoms with Gasteiger partial charge in [0.2, 0.25) is 5.78 Å². The topological polar surface area (TPSA) is 115 Å². The van der Waals surface area contributed by atoms with Crippen LogP contribution in [0.5, 0.6) is 0 Å². The summed E-state index contributed by atoms with van der Waals surface area (Å²) >= 11 is 12.2. The predicted molar refractivity (Wildman–Crippen MR) is 116 cm³/mol. The maximum atomic E-state index is 14.5. The first kappa shape index (κ1) is 22.4. The molecule has 0 aliphatic rings. The molecule has 0 saturated carbocycles. The van der Waals surface area contributed by atoms with Crippen molar-refractivity contribution >= 4 is 52.2 Å². The molecule has 0 aliphatic carbocycles. The highest BCUT2D eigenvalue weighted by Gasteiger charge is 2.27. The first-order chi connectivity index (χ1) is 15.6. The molecule has 0 atom stereocenters. The molecule has 4 rings (SSSR count). The van der Waals surface area contributed by atoms with Gasteiger partial charge in [0.1, 0.15) is 23.0 Å². The molecule has 0 amide bonds. The van der Waals surface area contributed by atoms with Crippen molar-refractivity contribution in [1.29, 1.82) is 0 Å². The van der Waals surface area contributed by atoms with Crippen LogP contribution in [0.2, 0.25) is 10.0 Å². The number of carbonyl (C=O) groups is 3. The number of nitrogens with zero attached hydrogens (tertiary/aromatic N) is 2. The number of rotatable bonds is 5. The number of hydrogen-bond donors (Lipinski definition) is 2. The van der Waals surface area contributed by atoms with Crippen molar-refractivity contribution in [2.75, 3.05) is 5.73 Å². The Morgan fingerprint density at radius 1 is 0.909 bits per heavy atom. The maximum Gasteiger partial charge on any atom is 0.335 e. The third-order valence-electron chi connectivity index (χ3n) is 4.83. The Labute approximate surface area is 194 Å². The van der Waals surface area contributed by atoms with Crippen LogP contribution in [0.4, 0.5) is 14.6 Å². The van der Waals surface area contributed by atoms with Crippen LogP contribution in [-0.4, -0.2) is 32.0 Å². The van der Waals surface area contributed by atoms with E-state index < -0.39 is 46.0 Å². The molecule has 0 spiro atoms. The highest BCUT2D eigenvalue weighted by atomic mass is 35.5. The summed E-state index contributed by atoms with van der Waals surface area (Å²) in [7, 11) is 0. The molecule has 3 N–H and O–H groups in total. The summed E-state index contributed by atoms with van der Waals surface area (Å²) in [5.74, 6) is -6.44. The van der Waals surface area contributed by atoms with Gasteiger partial charge in [-0.25, -0.2) is 18.6 Å². The van der Waals surface area contributed by atoms with Gasteiger partial charge in [-0.1, -0.05) is 29.3 Å². The summed E-state index contributed by atoms with van der Waals surface area (Å²) in [4.78, 5) is 41.0. The molecule has 0 saturated heterocycles. The fraction of sp³-hybridized carbons (Fsp3) is 0. The van der Waals surface area contributed by atoms with Crippen molar-refractivity contribution in [3.05, 3.63) is 98.3 Å². The summed E-state index contributed by atoms with van der Waals surface area (Å²) in [6, 6.07) is 8.35. The molecular weight excluding hydrogens is 479 g/mol. The molecule has 0 unspecified atom stereocenters. The van der Waals surface area contributed by atoms with Gasteiger partial charge in [-0.15, -0.1) is 0 Å². The third kappa shape index (κ3) is 3.81. The number of fused-ring (bicyclic) bond motifs is 1. The fourth-order valence-electron chi connectivity index (χ4n) is 3.31. The molecule has 2 aromatic heterocycles. The summed E-state index contributed by atoms with van der Waals surface area (Å²) in [6.07, 6.45) is 1.22. The molecule has 2 aromatic carbocycles. The molecular formula is C22H11Cl2F2N3O4. The lowest BCUT2D eigenvalue weighted by molar-refractivity contribution is 0.0694. The average Bonchev–Trinajstić information content (AvgIpc) is 3.07. The lowest BCUT2D eigenvalue weighted by Gasteiger charge is -2.09. The minimum absolute atomic E-state index is 0.0301. The monoisotopic (exact) mass is 489 g/mol. The molecule has 0 radical (unpaired) electrons. The number of pyridine rings is 1. The zero-order valence-electron chi connectivity index (χ0n) is 16.3. The number of aromatic carboxylic acids is 1. The first-order valence-corrected chi connectivity index (χ1v) is 9.89. The average molecular weight is 490 g/mol. The first-order valence-electron chi connectivity index (χ1n) is 9.13. The second-order valence-electron chi connectivity index (χ2n) is 6.87. The van der Waals surface area contributed by atoms with Crippen LogP contribution in [0.1, 0.15) is 42.3 Å². The molecule has 0 aliphatic heterocycles. The van der Waals surface area contributed by atoms with Crippen molar-refractivity contribution in [2.45, 2.75) is 0 Å². The number of carboxylic acid groups (broad SMARTS) is 1. The highest BCUT2D eigenvalue weighted by Crippen LogP contribution is 2.28. The number of nitrogens with two attached hydrogens (primary N) is 1. The van der Waals surface area contributed by atoms with E-state index in [1.165, 1.54) is 30.5 Å². The Morgan fingerprint density at radius 2 is 1.52 bits per heavy atom. The largest absolute Gasteiger partial charge is 0.478 e. The summed E-state index contributed by atoms with van der Waals surface area (Å²) < 4.78 is 30.1. The Morgan fingerprint density at radius 3 is 2.09 bits per heavy atom. The smallest absolute Gasteiger partial charge is 0.335 e. The number of carbonyl (C=O) groups excluding carboxylic acids is 2. The van der Waals surface area contributed by atoms with E-state index in [0.29, 0.717) is 12.1 Å². The van der Waals surface area contributed by atoms with Gasteiger partial charge in [0.15, 0.2) is 11.6 Å². The minimum Gasteiger partial charge on any atom is -0.478 e. The van der Waals surface area contributed by atoms with Gasteiger partial charge in [0.05, 0.1) is 26.7 Å². The second-order valence-corrected chi connectivity index (χ2v) is 7.68. The third-order valence-corrected chi connectivity index (χ3v) is 5.46. The number of benzene rings is 2.